The number of piperidine rings is 1. The van der Waals surface area contributed by atoms with E-state index in [4.69, 9.17) is 0 Å². The molecule has 0 saturated carbocycles. The molecule has 8 heteroatoms. The molecule has 1 amide bonds. The van der Waals surface area contributed by atoms with Gasteiger partial charge in [0, 0.05) is 33.4 Å². The van der Waals surface area contributed by atoms with Crippen LogP contribution < -0.4 is 10.6 Å². The van der Waals surface area contributed by atoms with E-state index in [-0.39, 0.29) is 10.8 Å². The Balaban J connectivity index is 2.09. The topological polar surface area (TPSA) is 83.4 Å². The lowest BCUT2D eigenvalue weighted by atomic mass is 9.98. The van der Waals surface area contributed by atoms with Crippen molar-refractivity contribution in [1.29, 1.82) is 0 Å². The van der Waals surface area contributed by atoms with Gasteiger partial charge in [0.05, 0.1) is 0 Å². The molecule has 1 aromatic rings. The molecule has 2 heterocycles. The molecule has 7 nitrogen and oxygen atoms in total. The van der Waals surface area contributed by atoms with Crippen molar-refractivity contribution in [2.24, 2.45) is 13.0 Å². The second-order valence-corrected chi connectivity index (χ2v) is 7.84. The molecule has 1 aliphatic heterocycles. The van der Waals surface area contributed by atoms with Crippen molar-refractivity contribution in [3.05, 3.63) is 18.0 Å². The van der Waals surface area contributed by atoms with Gasteiger partial charge in [0.15, 0.2) is 0 Å². The highest BCUT2D eigenvalue weighted by atomic mass is 32.2. The molecule has 0 aliphatic carbocycles. The summed E-state index contributed by atoms with van der Waals surface area (Å²) in [5.41, 5.74) is 0.341. The van der Waals surface area contributed by atoms with Gasteiger partial charge in [0.1, 0.15) is 10.6 Å². The summed E-state index contributed by atoms with van der Waals surface area (Å²) in [6.07, 6.45) is 3.23. The number of carbonyl (C=O) groups excluding carboxylic acids is 1. The molecule has 2 rings (SSSR count). The lowest BCUT2D eigenvalue weighted by Crippen LogP contribution is -2.40. The summed E-state index contributed by atoms with van der Waals surface area (Å²) in [6, 6.07) is 1.44. The summed E-state index contributed by atoms with van der Waals surface area (Å²) in [5, 5.41) is 5.83. The minimum absolute atomic E-state index is 0.184. The highest BCUT2D eigenvalue weighted by Gasteiger charge is 2.30. The number of nitrogens with zero attached hydrogens (tertiary/aromatic N) is 2. The number of hydrogen-bond acceptors (Lipinski definition) is 4. The Morgan fingerprint density at radius 2 is 2.00 bits per heavy atom. The van der Waals surface area contributed by atoms with Gasteiger partial charge < -0.3 is 15.2 Å². The lowest BCUT2D eigenvalue weighted by molar-refractivity contribution is 0.0955. The Labute approximate surface area is 138 Å². The summed E-state index contributed by atoms with van der Waals surface area (Å²) >= 11 is 0. The van der Waals surface area contributed by atoms with Gasteiger partial charge in [-0.05, 0) is 37.9 Å². The monoisotopic (exact) mass is 342 g/mol. The first kappa shape index (κ1) is 18.0. The molecule has 1 aromatic heterocycles. The van der Waals surface area contributed by atoms with Gasteiger partial charge in [-0.2, -0.15) is 4.31 Å². The van der Waals surface area contributed by atoms with Gasteiger partial charge >= 0.3 is 0 Å². The minimum Gasteiger partial charge on any atom is -0.354 e. The van der Waals surface area contributed by atoms with Crippen LogP contribution in [-0.4, -0.2) is 56.4 Å². The molecule has 1 aliphatic rings. The summed E-state index contributed by atoms with van der Waals surface area (Å²) < 4.78 is 28.6. The number of rotatable bonds is 6. The van der Waals surface area contributed by atoms with Gasteiger partial charge in [-0.25, -0.2) is 8.42 Å². The molecule has 1 fully saturated rings. The lowest BCUT2D eigenvalue weighted by Gasteiger charge is -2.31. The first-order valence-electron chi connectivity index (χ1n) is 7.99. The van der Waals surface area contributed by atoms with Crippen LogP contribution in [0.5, 0.6) is 0 Å². The predicted octanol–water partition coefficient (Wildman–Crippen LogP) is 0.395. The Morgan fingerprint density at radius 1 is 1.35 bits per heavy atom. The van der Waals surface area contributed by atoms with Crippen LogP contribution in [0.4, 0.5) is 0 Å². The van der Waals surface area contributed by atoms with Crippen molar-refractivity contribution in [2.75, 3.05) is 33.2 Å². The van der Waals surface area contributed by atoms with Crippen molar-refractivity contribution < 1.29 is 13.2 Å². The van der Waals surface area contributed by atoms with E-state index in [1.165, 1.54) is 23.6 Å². The SMILES string of the molecule is CCNCC1CCN(S(=O)(=O)c2cc(C(=O)NC)n(C)c2)CC1. The molecule has 1 saturated heterocycles. The maximum atomic E-state index is 12.7. The Morgan fingerprint density at radius 3 is 2.57 bits per heavy atom. The highest BCUT2D eigenvalue weighted by molar-refractivity contribution is 7.89. The van der Waals surface area contributed by atoms with Crippen LogP contribution in [0.2, 0.25) is 0 Å². The van der Waals surface area contributed by atoms with Crippen LogP contribution in [0.25, 0.3) is 0 Å². The normalized spacial score (nSPS) is 17.3. The molecule has 0 radical (unpaired) electrons. The highest BCUT2D eigenvalue weighted by Crippen LogP contribution is 2.24. The number of carbonyl (C=O) groups is 1. The third-order valence-electron chi connectivity index (χ3n) is 4.33. The third-order valence-corrected chi connectivity index (χ3v) is 6.20. The second-order valence-electron chi connectivity index (χ2n) is 5.91. The molecule has 0 spiro atoms. The fraction of sp³-hybridized carbons (Fsp3) is 0.667. The zero-order valence-electron chi connectivity index (χ0n) is 14.0. The van der Waals surface area contributed by atoms with Gasteiger partial charge in [-0.3, -0.25) is 4.79 Å². The quantitative estimate of drug-likeness (QED) is 0.784. The zero-order chi connectivity index (χ0) is 17.0. The third kappa shape index (κ3) is 3.94. The van der Waals surface area contributed by atoms with E-state index in [1.54, 1.807) is 11.6 Å². The maximum absolute atomic E-state index is 12.7. The summed E-state index contributed by atoms with van der Waals surface area (Å²) in [4.78, 5) is 11.9. The van der Waals surface area contributed by atoms with Crippen LogP contribution in [0.3, 0.4) is 0 Å². The van der Waals surface area contributed by atoms with Crippen molar-refractivity contribution in [1.82, 2.24) is 19.5 Å². The molecular weight excluding hydrogens is 316 g/mol. The molecule has 0 bridgehead atoms. The van der Waals surface area contributed by atoms with Crippen molar-refractivity contribution in [2.45, 2.75) is 24.7 Å². The van der Waals surface area contributed by atoms with Gasteiger partial charge in [-0.15, -0.1) is 0 Å². The van der Waals surface area contributed by atoms with E-state index >= 15 is 0 Å². The second kappa shape index (κ2) is 7.46. The average molecular weight is 342 g/mol. The van der Waals surface area contributed by atoms with Crippen molar-refractivity contribution >= 4 is 15.9 Å². The average Bonchev–Trinajstić information content (AvgIpc) is 2.95. The smallest absolute Gasteiger partial charge is 0.267 e. The molecule has 23 heavy (non-hydrogen) atoms. The number of sulfonamides is 1. The van der Waals surface area contributed by atoms with Crippen molar-refractivity contribution in [3.8, 4) is 0 Å². The predicted molar refractivity (Wildman–Crippen MR) is 88.8 cm³/mol. The first-order valence-corrected chi connectivity index (χ1v) is 9.43. The largest absolute Gasteiger partial charge is 0.354 e. The minimum atomic E-state index is -3.54. The standard InChI is InChI=1S/C15H26N4O3S/c1-4-17-10-12-5-7-19(8-6-12)23(21,22)13-9-14(15(20)16-2)18(3)11-13/h9,11-12,17H,4-8,10H2,1-3H3,(H,16,20). The van der Waals surface area contributed by atoms with Gasteiger partial charge in [-0.1, -0.05) is 6.92 Å². The van der Waals surface area contributed by atoms with E-state index in [2.05, 4.69) is 17.6 Å². The number of aromatic nitrogens is 1. The number of aryl methyl sites for hydroxylation is 1. The van der Waals surface area contributed by atoms with Crippen LogP contribution in [0, 0.1) is 5.92 Å². The van der Waals surface area contributed by atoms with E-state index < -0.39 is 10.0 Å². The molecule has 0 aromatic carbocycles. The number of hydrogen-bond donors (Lipinski definition) is 2. The van der Waals surface area contributed by atoms with Gasteiger partial charge in [0.2, 0.25) is 10.0 Å². The molecule has 2 N–H and O–H groups in total. The van der Waals surface area contributed by atoms with E-state index in [0.29, 0.717) is 24.7 Å². The fourth-order valence-electron chi connectivity index (χ4n) is 2.88. The van der Waals surface area contributed by atoms with Gasteiger partial charge in [0.25, 0.3) is 5.91 Å². The number of nitrogens with one attached hydrogen (secondary N) is 2. The van der Waals surface area contributed by atoms with E-state index in [1.807, 2.05) is 0 Å². The van der Waals surface area contributed by atoms with Crippen LogP contribution in [0.15, 0.2) is 17.2 Å². The maximum Gasteiger partial charge on any atom is 0.267 e. The van der Waals surface area contributed by atoms with Crippen LogP contribution in [-0.2, 0) is 17.1 Å². The number of amides is 1. The summed E-state index contributed by atoms with van der Waals surface area (Å²) in [7, 11) is -0.338. The van der Waals surface area contributed by atoms with E-state index in [9.17, 15) is 13.2 Å². The molecular formula is C15H26N4O3S. The first-order chi connectivity index (χ1) is 10.9. The van der Waals surface area contributed by atoms with E-state index in [0.717, 1.165) is 25.9 Å². The Bertz CT molecular complexity index is 646. The molecule has 0 atom stereocenters. The molecule has 0 unspecified atom stereocenters. The Kier molecular flexibility index (Phi) is 5.83. The van der Waals surface area contributed by atoms with Crippen LogP contribution in [0.1, 0.15) is 30.3 Å². The zero-order valence-corrected chi connectivity index (χ0v) is 14.8. The fourth-order valence-corrected chi connectivity index (χ4v) is 4.42. The summed E-state index contributed by atoms with van der Waals surface area (Å²) in [6.45, 7) is 5.01. The summed E-state index contributed by atoms with van der Waals surface area (Å²) in [5.74, 6) is 0.233. The van der Waals surface area contributed by atoms with Crippen molar-refractivity contribution in [3.63, 3.8) is 0 Å². The van der Waals surface area contributed by atoms with Crippen LogP contribution >= 0.6 is 0 Å². The Hall–Kier alpha value is -1.38. The molecule has 130 valence electrons.